The van der Waals surface area contributed by atoms with E-state index in [0.717, 1.165) is 33.8 Å². The Morgan fingerprint density at radius 1 is 1.18 bits per heavy atom. The summed E-state index contributed by atoms with van der Waals surface area (Å²) in [6.07, 6.45) is 1.52. The highest BCUT2D eigenvalue weighted by molar-refractivity contribution is 7.18. The average Bonchev–Trinajstić information content (AvgIpc) is 3.05. The third-order valence-electron chi connectivity index (χ3n) is 5.25. The van der Waals surface area contributed by atoms with Crippen molar-refractivity contribution < 1.29 is 9.53 Å². The van der Waals surface area contributed by atoms with E-state index >= 15 is 0 Å². The molecule has 0 saturated carbocycles. The maximum atomic E-state index is 12.9. The Kier molecular flexibility index (Phi) is 4.93. The van der Waals surface area contributed by atoms with Gasteiger partial charge in [-0.15, -0.1) is 11.3 Å². The Bertz CT molecular complexity index is 1090. The number of ether oxygens (including phenoxy) is 1. The molecule has 2 aromatic heterocycles. The number of pyridine rings is 1. The van der Waals surface area contributed by atoms with Crippen LogP contribution in [-0.2, 0) is 7.05 Å². The molecule has 0 unspecified atom stereocenters. The van der Waals surface area contributed by atoms with Gasteiger partial charge in [0.2, 0.25) is 0 Å². The second-order valence-electron chi connectivity index (χ2n) is 7.25. The molecule has 1 fully saturated rings. The van der Waals surface area contributed by atoms with Crippen LogP contribution in [0.2, 0.25) is 0 Å². The van der Waals surface area contributed by atoms with E-state index in [0.29, 0.717) is 24.4 Å². The van der Waals surface area contributed by atoms with Gasteiger partial charge >= 0.3 is 0 Å². The van der Waals surface area contributed by atoms with Gasteiger partial charge in [0.25, 0.3) is 11.5 Å². The summed E-state index contributed by atoms with van der Waals surface area (Å²) in [6.45, 7) is 5.15. The first kappa shape index (κ1) is 18.7. The van der Waals surface area contributed by atoms with Crippen LogP contribution in [0.5, 0.6) is 5.75 Å². The summed E-state index contributed by atoms with van der Waals surface area (Å²) < 4.78 is 8.65. The van der Waals surface area contributed by atoms with Crippen molar-refractivity contribution in [3.05, 3.63) is 57.0 Å². The van der Waals surface area contributed by atoms with Gasteiger partial charge in [-0.3, -0.25) is 9.59 Å². The van der Waals surface area contributed by atoms with Crippen LogP contribution >= 0.6 is 11.3 Å². The molecule has 146 valence electrons. The summed E-state index contributed by atoms with van der Waals surface area (Å²) in [4.78, 5) is 31.1. The smallest absolute Gasteiger partial charge is 0.254 e. The Balaban J connectivity index is 1.40. The first-order valence-corrected chi connectivity index (χ1v) is 10.2. The highest BCUT2D eigenvalue weighted by Crippen LogP contribution is 2.25. The molecule has 3 aromatic rings. The van der Waals surface area contributed by atoms with Crippen molar-refractivity contribution in [3.63, 3.8) is 0 Å². The number of amides is 1. The number of fused-ring (bicyclic) bond motifs is 1. The molecule has 1 aliphatic heterocycles. The number of thiazole rings is 1. The summed E-state index contributed by atoms with van der Waals surface area (Å²) in [5.41, 5.74) is 2.44. The fourth-order valence-electron chi connectivity index (χ4n) is 3.53. The van der Waals surface area contributed by atoms with Gasteiger partial charge in [-0.2, -0.15) is 0 Å². The SMILES string of the molecule is Cc1nc2ccc(C(=O)N3CCC(Oc4cc(C)n(C)c(=O)c4)CC3)cc2s1. The zero-order valence-electron chi connectivity index (χ0n) is 16.3. The number of aromatic nitrogens is 2. The number of aryl methyl sites for hydroxylation is 2. The van der Waals surface area contributed by atoms with Crippen molar-refractivity contribution >= 4 is 27.5 Å². The maximum Gasteiger partial charge on any atom is 0.254 e. The van der Waals surface area contributed by atoms with Crippen LogP contribution in [0.4, 0.5) is 0 Å². The van der Waals surface area contributed by atoms with Crippen LogP contribution in [0.15, 0.2) is 35.1 Å². The van der Waals surface area contributed by atoms with E-state index in [1.54, 1.807) is 23.0 Å². The highest BCUT2D eigenvalue weighted by atomic mass is 32.1. The Morgan fingerprint density at radius 3 is 2.64 bits per heavy atom. The van der Waals surface area contributed by atoms with Gasteiger partial charge < -0.3 is 14.2 Å². The fraction of sp³-hybridized carbons (Fsp3) is 0.381. The van der Waals surface area contributed by atoms with Crippen molar-refractivity contribution in [2.24, 2.45) is 7.05 Å². The number of hydrogen-bond donors (Lipinski definition) is 0. The topological polar surface area (TPSA) is 64.4 Å². The molecule has 1 aliphatic rings. The van der Waals surface area contributed by atoms with Gasteiger partial charge in [0.15, 0.2) is 0 Å². The molecule has 7 heteroatoms. The molecule has 0 spiro atoms. The van der Waals surface area contributed by atoms with Gasteiger partial charge in [-0.05, 0) is 38.1 Å². The molecule has 0 aliphatic carbocycles. The number of piperidine rings is 1. The van der Waals surface area contributed by atoms with E-state index in [-0.39, 0.29) is 17.6 Å². The first-order chi connectivity index (χ1) is 13.4. The van der Waals surface area contributed by atoms with Crippen molar-refractivity contribution in [3.8, 4) is 5.75 Å². The van der Waals surface area contributed by atoms with Crippen LogP contribution in [0.3, 0.4) is 0 Å². The Hall–Kier alpha value is -2.67. The number of rotatable bonds is 3. The minimum absolute atomic E-state index is 0.0159. The molecule has 3 heterocycles. The molecular formula is C21H23N3O3S. The molecule has 0 bridgehead atoms. The summed E-state index contributed by atoms with van der Waals surface area (Å²) in [6, 6.07) is 9.12. The minimum Gasteiger partial charge on any atom is -0.490 e. The second kappa shape index (κ2) is 7.39. The normalized spacial score (nSPS) is 15.2. The van der Waals surface area contributed by atoms with E-state index in [1.807, 2.05) is 43.0 Å². The van der Waals surface area contributed by atoms with Crippen LogP contribution in [-0.4, -0.2) is 39.6 Å². The zero-order chi connectivity index (χ0) is 19.8. The lowest BCUT2D eigenvalue weighted by atomic mass is 10.1. The van der Waals surface area contributed by atoms with E-state index < -0.39 is 0 Å². The molecular weight excluding hydrogens is 374 g/mol. The zero-order valence-corrected chi connectivity index (χ0v) is 17.1. The van der Waals surface area contributed by atoms with E-state index in [9.17, 15) is 9.59 Å². The molecule has 1 amide bonds. The Labute approximate surface area is 167 Å². The van der Waals surface area contributed by atoms with Crippen LogP contribution < -0.4 is 10.3 Å². The molecule has 4 rings (SSSR count). The molecule has 6 nitrogen and oxygen atoms in total. The van der Waals surface area contributed by atoms with Gasteiger partial charge in [0.05, 0.1) is 15.2 Å². The summed E-state index contributed by atoms with van der Waals surface area (Å²) in [7, 11) is 1.75. The van der Waals surface area contributed by atoms with E-state index in [4.69, 9.17) is 4.74 Å². The minimum atomic E-state index is -0.0729. The fourth-order valence-corrected chi connectivity index (χ4v) is 4.40. The molecule has 0 radical (unpaired) electrons. The van der Waals surface area contributed by atoms with Crippen molar-refractivity contribution in [1.82, 2.24) is 14.5 Å². The predicted octanol–water partition coefficient (Wildman–Crippen LogP) is 3.30. The van der Waals surface area contributed by atoms with E-state index in [1.165, 1.54) is 6.07 Å². The quantitative estimate of drug-likeness (QED) is 0.680. The number of carbonyl (C=O) groups excluding carboxylic acids is 1. The number of hydrogen-bond acceptors (Lipinski definition) is 5. The van der Waals surface area contributed by atoms with Crippen LogP contribution in [0.1, 0.15) is 33.9 Å². The van der Waals surface area contributed by atoms with E-state index in [2.05, 4.69) is 4.98 Å². The van der Waals surface area contributed by atoms with Gasteiger partial charge in [0, 0.05) is 50.3 Å². The van der Waals surface area contributed by atoms with Crippen LogP contribution in [0.25, 0.3) is 10.2 Å². The molecule has 0 N–H and O–H groups in total. The van der Waals surface area contributed by atoms with Crippen LogP contribution in [0, 0.1) is 13.8 Å². The Morgan fingerprint density at radius 2 is 1.93 bits per heavy atom. The molecule has 28 heavy (non-hydrogen) atoms. The van der Waals surface area contributed by atoms with Gasteiger partial charge in [0.1, 0.15) is 11.9 Å². The number of nitrogens with zero attached hydrogens (tertiary/aromatic N) is 3. The standard InChI is InChI=1S/C21H23N3O3S/c1-13-10-17(12-20(25)23(13)3)27-16-6-8-24(9-7-16)21(26)15-4-5-18-19(11-15)28-14(2)22-18/h4-5,10-12,16H,6-9H2,1-3H3. The van der Waals surface area contributed by atoms with Crippen molar-refractivity contribution in [1.29, 1.82) is 0 Å². The monoisotopic (exact) mass is 397 g/mol. The summed E-state index contributed by atoms with van der Waals surface area (Å²) >= 11 is 1.61. The molecule has 1 aromatic carbocycles. The number of likely N-dealkylation sites (tertiary alicyclic amines) is 1. The second-order valence-corrected chi connectivity index (χ2v) is 8.49. The number of carbonyl (C=O) groups is 1. The van der Waals surface area contributed by atoms with Crippen molar-refractivity contribution in [2.45, 2.75) is 32.8 Å². The molecule has 1 saturated heterocycles. The summed E-state index contributed by atoms with van der Waals surface area (Å²) in [5.74, 6) is 0.659. The lowest BCUT2D eigenvalue weighted by molar-refractivity contribution is 0.0595. The lowest BCUT2D eigenvalue weighted by Crippen LogP contribution is -2.41. The maximum absolute atomic E-state index is 12.9. The van der Waals surface area contributed by atoms with Gasteiger partial charge in [-0.25, -0.2) is 4.98 Å². The summed E-state index contributed by atoms with van der Waals surface area (Å²) in [5, 5.41) is 1.00. The third-order valence-corrected chi connectivity index (χ3v) is 6.18. The van der Waals surface area contributed by atoms with Crippen molar-refractivity contribution in [2.75, 3.05) is 13.1 Å². The average molecular weight is 398 g/mol. The lowest BCUT2D eigenvalue weighted by Gasteiger charge is -2.32. The van der Waals surface area contributed by atoms with Gasteiger partial charge in [-0.1, -0.05) is 0 Å². The highest BCUT2D eigenvalue weighted by Gasteiger charge is 2.25. The number of benzene rings is 1. The first-order valence-electron chi connectivity index (χ1n) is 9.41. The third kappa shape index (κ3) is 3.67. The predicted molar refractivity (Wildman–Crippen MR) is 110 cm³/mol. The molecule has 0 atom stereocenters. The largest absolute Gasteiger partial charge is 0.490 e.